The lowest BCUT2D eigenvalue weighted by molar-refractivity contribution is 0.252. The lowest BCUT2D eigenvalue weighted by Gasteiger charge is -2.39. The summed E-state index contributed by atoms with van der Waals surface area (Å²) in [6, 6.07) is 7.19. The van der Waals surface area contributed by atoms with Crippen LogP contribution in [0.1, 0.15) is 18.1 Å². The molecule has 1 aliphatic carbocycles. The number of fused-ring (bicyclic) bond motifs is 2. The summed E-state index contributed by atoms with van der Waals surface area (Å²) in [4.78, 5) is 5.92. The molecule has 1 unspecified atom stereocenters. The Bertz CT molecular complexity index is 650. The Balaban J connectivity index is 2.02. The SMILES string of the molecule is CC1C=C2c3cccc4[nH]cc(c34)C[C@H]2N(C)C1. The molecule has 92 valence electrons. The molecule has 4 rings (SSSR count). The van der Waals surface area contributed by atoms with Gasteiger partial charge < -0.3 is 4.98 Å². The molecule has 1 aromatic carbocycles. The van der Waals surface area contributed by atoms with Crippen LogP contribution in [-0.4, -0.2) is 29.5 Å². The van der Waals surface area contributed by atoms with E-state index in [0.717, 1.165) is 6.42 Å². The Kier molecular flexibility index (Phi) is 2.01. The number of nitrogens with one attached hydrogen (secondary N) is 1. The fraction of sp³-hybridized carbons (Fsp3) is 0.375. The zero-order chi connectivity index (χ0) is 12.3. The first-order chi connectivity index (χ1) is 8.74. The number of aromatic nitrogens is 1. The van der Waals surface area contributed by atoms with Crippen molar-refractivity contribution in [1.82, 2.24) is 9.88 Å². The van der Waals surface area contributed by atoms with Crippen LogP contribution >= 0.6 is 0 Å². The lowest BCUT2D eigenvalue weighted by Crippen LogP contribution is -2.41. The summed E-state index contributed by atoms with van der Waals surface area (Å²) in [5.74, 6) is 0.650. The van der Waals surface area contributed by atoms with E-state index >= 15 is 0 Å². The summed E-state index contributed by atoms with van der Waals surface area (Å²) >= 11 is 0. The molecule has 1 N–H and O–H groups in total. The number of benzene rings is 1. The Morgan fingerprint density at radius 3 is 3.11 bits per heavy atom. The van der Waals surface area contributed by atoms with Crippen LogP contribution in [0.4, 0.5) is 0 Å². The molecule has 2 atom stereocenters. The van der Waals surface area contributed by atoms with Gasteiger partial charge in [-0.2, -0.15) is 0 Å². The van der Waals surface area contributed by atoms with Crippen LogP contribution in [0, 0.1) is 5.92 Å². The zero-order valence-electron chi connectivity index (χ0n) is 10.9. The molecule has 0 spiro atoms. The fourth-order valence-electron chi connectivity index (χ4n) is 3.69. The minimum absolute atomic E-state index is 0.565. The summed E-state index contributed by atoms with van der Waals surface area (Å²) < 4.78 is 0. The Morgan fingerprint density at radius 1 is 1.33 bits per heavy atom. The number of hydrogen-bond acceptors (Lipinski definition) is 1. The monoisotopic (exact) mass is 238 g/mol. The molecule has 0 amide bonds. The van der Waals surface area contributed by atoms with E-state index in [9.17, 15) is 0 Å². The van der Waals surface area contributed by atoms with E-state index in [2.05, 4.69) is 54.3 Å². The quantitative estimate of drug-likeness (QED) is 0.747. The molecule has 0 saturated heterocycles. The van der Waals surface area contributed by atoms with Crippen LogP contribution in [-0.2, 0) is 6.42 Å². The van der Waals surface area contributed by atoms with Crippen molar-refractivity contribution in [2.75, 3.05) is 13.6 Å². The topological polar surface area (TPSA) is 19.0 Å². The number of aromatic amines is 1. The second-order valence-electron chi connectivity index (χ2n) is 5.80. The minimum atomic E-state index is 0.565. The first-order valence-electron chi connectivity index (χ1n) is 6.75. The van der Waals surface area contributed by atoms with Gasteiger partial charge in [0.1, 0.15) is 0 Å². The molecule has 2 heteroatoms. The second-order valence-corrected chi connectivity index (χ2v) is 5.80. The molecule has 0 radical (unpaired) electrons. The maximum Gasteiger partial charge on any atom is 0.0462 e. The third-order valence-corrected chi connectivity index (χ3v) is 4.44. The molecule has 0 saturated carbocycles. The number of H-pyrrole nitrogens is 1. The molecule has 1 aliphatic heterocycles. The van der Waals surface area contributed by atoms with Gasteiger partial charge >= 0.3 is 0 Å². The summed E-state index contributed by atoms with van der Waals surface area (Å²) in [6.45, 7) is 3.48. The van der Waals surface area contributed by atoms with Crippen molar-refractivity contribution in [2.24, 2.45) is 5.92 Å². The van der Waals surface area contributed by atoms with Crippen LogP contribution in [0.25, 0.3) is 16.5 Å². The van der Waals surface area contributed by atoms with Crippen molar-refractivity contribution in [3.63, 3.8) is 0 Å². The van der Waals surface area contributed by atoms with Crippen molar-refractivity contribution in [1.29, 1.82) is 0 Å². The predicted octanol–water partition coefficient (Wildman–Crippen LogP) is 3.06. The number of hydrogen-bond donors (Lipinski definition) is 1. The van der Waals surface area contributed by atoms with E-state index in [1.807, 2.05) is 0 Å². The molecular formula is C16H18N2. The molecule has 2 aromatic rings. The van der Waals surface area contributed by atoms with Crippen molar-refractivity contribution >= 4 is 16.5 Å². The highest BCUT2D eigenvalue weighted by Gasteiger charge is 2.32. The van der Waals surface area contributed by atoms with Crippen LogP contribution in [0.2, 0.25) is 0 Å². The van der Waals surface area contributed by atoms with Gasteiger partial charge in [-0.3, -0.25) is 4.90 Å². The van der Waals surface area contributed by atoms with Crippen molar-refractivity contribution in [2.45, 2.75) is 19.4 Å². The smallest absolute Gasteiger partial charge is 0.0462 e. The van der Waals surface area contributed by atoms with Gasteiger partial charge in [0.05, 0.1) is 0 Å². The Labute approximate surface area is 107 Å². The van der Waals surface area contributed by atoms with Gasteiger partial charge in [0.2, 0.25) is 0 Å². The first kappa shape index (κ1) is 10.4. The maximum absolute atomic E-state index is 3.41. The van der Waals surface area contributed by atoms with E-state index in [4.69, 9.17) is 0 Å². The Hall–Kier alpha value is -1.54. The van der Waals surface area contributed by atoms with E-state index < -0.39 is 0 Å². The van der Waals surface area contributed by atoms with E-state index in [1.165, 1.54) is 34.1 Å². The van der Waals surface area contributed by atoms with Gasteiger partial charge in [0.15, 0.2) is 0 Å². The van der Waals surface area contributed by atoms with Crippen molar-refractivity contribution < 1.29 is 0 Å². The van der Waals surface area contributed by atoms with Crippen molar-refractivity contribution in [3.8, 4) is 0 Å². The summed E-state index contributed by atoms with van der Waals surface area (Å²) in [5, 5.41) is 1.45. The zero-order valence-corrected chi connectivity index (χ0v) is 10.9. The van der Waals surface area contributed by atoms with Gasteiger partial charge in [-0.1, -0.05) is 25.1 Å². The molecule has 2 heterocycles. The standard InChI is InChI=1S/C16H18N2/c1-10-6-13-12-4-3-5-14-16(12)11(8-17-14)7-15(13)18(2)9-10/h3-6,8,10,15,17H,7,9H2,1-2H3/t10?,15-/m1/s1. The van der Waals surface area contributed by atoms with Crippen LogP contribution in [0.3, 0.4) is 0 Å². The van der Waals surface area contributed by atoms with Gasteiger partial charge in [0.25, 0.3) is 0 Å². The second kappa shape index (κ2) is 3.48. The van der Waals surface area contributed by atoms with E-state index in [0.29, 0.717) is 12.0 Å². The molecule has 18 heavy (non-hydrogen) atoms. The highest BCUT2D eigenvalue weighted by Crippen LogP contribution is 2.40. The van der Waals surface area contributed by atoms with Gasteiger partial charge in [-0.15, -0.1) is 0 Å². The summed E-state index contributed by atoms with van der Waals surface area (Å²) in [6.07, 6.45) is 5.82. The van der Waals surface area contributed by atoms with Crippen LogP contribution < -0.4 is 0 Å². The molecule has 2 aliphatic rings. The fourth-order valence-corrected chi connectivity index (χ4v) is 3.69. The molecule has 0 bridgehead atoms. The summed E-state index contributed by atoms with van der Waals surface area (Å²) in [7, 11) is 2.26. The Morgan fingerprint density at radius 2 is 2.22 bits per heavy atom. The predicted molar refractivity (Wildman–Crippen MR) is 75.6 cm³/mol. The maximum atomic E-state index is 3.41. The van der Waals surface area contributed by atoms with Gasteiger partial charge in [0, 0.05) is 29.7 Å². The number of rotatable bonds is 0. The van der Waals surface area contributed by atoms with E-state index in [1.54, 1.807) is 0 Å². The van der Waals surface area contributed by atoms with E-state index in [-0.39, 0.29) is 0 Å². The molecule has 1 aromatic heterocycles. The van der Waals surface area contributed by atoms with Gasteiger partial charge in [-0.25, -0.2) is 0 Å². The lowest BCUT2D eigenvalue weighted by atomic mass is 9.80. The highest BCUT2D eigenvalue weighted by molar-refractivity contribution is 5.98. The number of likely N-dealkylation sites (N-methyl/N-ethyl adjacent to an activating group) is 1. The third-order valence-electron chi connectivity index (χ3n) is 4.44. The highest BCUT2D eigenvalue weighted by atomic mass is 15.1. The van der Waals surface area contributed by atoms with Crippen molar-refractivity contribution in [3.05, 3.63) is 41.6 Å². The largest absolute Gasteiger partial charge is 0.361 e. The van der Waals surface area contributed by atoms with Gasteiger partial charge in [-0.05, 0) is 42.2 Å². The molecule has 0 fully saturated rings. The third kappa shape index (κ3) is 1.27. The normalized spacial score (nSPS) is 27.1. The average molecular weight is 238 g/mol. The number of nitrogens with zero attached hydrogens (tertiary/aromatic N) is 1. The molecular weight excluding hydrogens is 220 g/mol. The minimum Gasteiger partial charge on any atom is -0.361 e. The molecule has 2 nitrogen and oxygen atoms in total. The average Bonchev–Trinajstić information content (AvgIpc) is 2.76. The first-order valence-corrected chi connectivity index (χ1v) is 6.75. The van der Waals surface area contributed by atoms with Crippen LogP contribution in [0.5, 0.6) is 0 Å². The van der Waals surface area contributed by atoms with Crippen LogP contribution in [0.15, 0.2) is 30.5 Å². The summed E-state index contributed by atoms with van der Waals surface area (Å²) in [5.41, 5.74) is 5.74.